The monoisotopic (exact) mass is 384 g/mol. The van der Waals surface area contributed by atoms with E-state index in [-0.39, 0.29) is 43.0 Å². The maximum absolute atomic E-state index is 13.6. The summed E-state index contributed by atoms with van der Waals surface area (Å²) >= 11 is 6.29. The van der Waals surface area contributed by atoms with Crippen molar-refractivity contribution in [3.63, 3.8) is 0 Å². The Morgan fingerprint density at radius 1 is 1.27 bits per heavy atom. The minimum atomic E-state index is -4.22. The molecule has 3 aliphatic carbocycles. The quantitative estimate of drug-likeness (QED) is 0.692. The molecule has 0 aromatic carbocycles. The Labute approximate surface area is 154 Å². The zero-order valence-corrected chi connectivity index (χ0v) is 15.2. The molecule has 2 heterocycles. The van der Waals surface area contributed by atoms with Gasteiger partial charge in [-0.3, -0.25) is 9.78 Å². The van der Waals surface area contributed by atoms with Crippen LogP contribution in [0, 0.1) is 16.7 Å². The molecule has 3 atom stereocenters. The first-order valence-electron chi connectivity index (χ1n) is 9.20. The van der Waals surface area contributed by atoms with E-state index in [0.29, 0.717) is 24.4 Å². The lowest BCUT2D eigenvalue weighted by molar-refractivity contribution is -0.220. The number of hydrogen-bond donors (Lipinski definition) is 0. The van der Waals surface area contributed by atoms with Crippen LogP contribution >= 0.6 is 11.6 Å². The second-order valence-electron chi connectivity index (χ2n) is 8.76. The van der Waals surface area contributed by atoms with E-state index in [1.807, 2.05) is 4.90 Å². The summed E-state index contributed by atoms with van der Waals surface area (Å²) in [6.45, 7) is 2.67. The van der Waals surface area contributed by atoms with Crippen LogP contribution in [0.4, 0.5) is 13.2 Å². The molecule has 2 saturated carbocycles. The Kier molecular flexibility index (Phi) is 3.20. The van der Waals surface area contributed by atoms with E-state index < -0.39 is 17.0 Å². The lowest BCUT2D eigenvalue weighted by Crippen LogP contribution is -2.44. The number of rotatable bonds is 1. The third kappa shape index (κ3) is 1.87. The number of alkyl halides is 3. The Morgan fingerprint density at radius 2 is 1.96 bits per heavy atom. The molecule has 0 spiro atoms. The first-order chi connectivity index (χ1) is 12.2. The van der Waals surface area contributed by atoms with Gasteiger partial charge in [0, 0.05) is 24.9 Å². The van der Waals surface area contributed by atoms with Gasteiger partial charge in [-0.15, -0.1) is 0 Å². The number of carbonyl (C=O) groups is 1. The van der Waals surface area contributed by atoms with Gasteiger partial charge in [0.2, 0.25) is 5.91 Å². The first-order valence-corrected chi connectivity index (χ1v) is 9.58. The fourth-order valence-corrected chi connectivity index (χ4v) is 6.48. The molecule has 7 heteroatoms. The first kappa shape index (κ1) is 16.8. The second kappa shape index (κ2) is 4.94. The van der Waals surface area contributed by atoms with Gasteiger partial charge in [0.05, 0.1) is 21.9 Å². The molecule has 1 aliphatic heterocycles. The highest BCUT2D eigenvalue weighted by Crippen LogP contribution is 2.69. The summed E-state index contributed by atoms with van der Waals surface area (Å²) in [7, 11) is 0. The number of aromatic nitrogens is 1. The number of nitrogens with zero attached hydrogens (tertiary/aromatic N) is 2. The van der Waals surface area contributed by atoms with Gasteiger partial charge in [0.1, 0.15) is 0 Å². The summed E-state index contributed by atoms with van der Waals surface area (Å²) in [4.78, 5) is 19.4. The fourth-order valence-electron chi connectivity index (χ4n) is 6.19. The number of hydrogen-bond acceptors (Lipinski definition) is 2. The highest BCUT2D eigenvalue weighted by Gasteiger charge is 2.69. The largest absolute Gasteiger partial charge is 0.394 e. The molecule has 26 heavy (non-hydrogen) atoms. The molecule has 3 fully saturated rings. The molecule has 5 rings (SSSR count). The van der Waals surface area contributed by atoms with Crippen LogP contribution in [-0.2, 0) is 4.79 Å². The number of fused-ring (bicyclic) bond motifs is 6. The van der Waals surface area contributed by atoms with Gasteiger partial charge in [-0.05, 0) is 49.1 Å². The highest BCUT2D eigenvalue weighted by atomic mass is 35.5. The van der Waals surface area contributed by atoms with E-state index in [1.165, 1.54) is 0 Å². The van der Waals surface area contributed by atoms with Crippen LogP contribution in [0.25, 0.3) is 0 Å². The Hall–Kier alpha value is -1.30. The minimum absolute atomic E-state index is 0.0365. The van der Waals surface area contributed by atoms with Crippen LogP contribution in [-0.4, -0.2) is 28.5 Å². The van der Waals surface area contributed by atoms with Crippen molar-refractivity contribution in [1.29, 1.82) is 0 Å². The molecule has 0 N–H and O–H groups in total. The molecule has 1 unspecified atom stereocenters. The third-order valence-electron chi connectivity index (χ3n) is 7.55. The molecule has 1 amide bonds. The molecule has 0 radical (unpaired) electrons. The Bertz CT molecular complexity index is 800. The van der Waals surface area contributed by atoms with Crippen molar-refractivity contribution in [2.24, 2.45) is 16.7 Å². The van der Waals surface area contributed by atoms with Crippen LogP contribution in [0.15, 0.2) is 12.4 Å². The van der Waals surface area contributed by atoms with Gasteiger partial charge in [-0.25, -0.2) is 0 Å². The van der Waals surface area contributed by atoms with E-state index in [1.54, 1.807) is 12.4 Å². The smallest absolute Gasteiger partial charge is 0.334 e. The molecule has 1 aromatic rings. The standard InChI is InChI=1S/C19H20ClF3N2O/c1-10-8-25(15-11-6-24-7-12(20)14(11)13(10)15)16(26)17-2-4-18(9-17,5-3-17)19(21,22)23/h6-7,10,13,15H,2-5,8-9H2,1H3/t10-,13?,15+,17?,18?/m0/s1. The van der Waals surface area contributed by atoms with Crippen LogP contribution in [0.2, 0.25) is 5.02 Å². The Morgan fingerprint density at radius 3 is 2.58 bits per heavy atom. The van der Waals surface area contributed by atoms with E-state index in [9.17, 15) is 18.0 Å². The molecule has 140 valence electrons. The summed E-state index contributed by atoms with van der Waals surface area (Å²) in [5.41, 5.74) is -0.439. The number of amides is 1. The summed E-state index contributed by atoms with van der Waals surface area (Å²) in [6, 6.07) is -0.0745. The zero-order chi connectivity index (χ0) is 18.5. The Balaban J connectivity index is 1.46. The van der Waals surface area contributed by atoms with E-state index in [4.69, 9.17) is 11.6 Å². The van der Waals surface area contributed by atoms with E-state index >= 15 is 0 Å². The normalized spacial score (nSPS) is 40.3. The van der Waals surface area contributed by atoms with Crippen molar-refractivity contribution in [2.45, 2.75) is 57.2 Å². The van der Waals surface area contributed by atoms with Gasteiger partial charge in [-0.1, -0.05) is 18.5 Å². The molecular formula is C19H20ClF3N2O. The lowest BCUT2D eigenvalue weighted by atomic mass is 9.70. The average Bonchev–Trinajstić information content (AvgIpc) is 3.21. The summed E-state index contributed by atoms with van der Waals surface area (Å²) in [5.74, 6) is 0.352. The van der Waals surface area contributed by atoms with Crippen LogP contribution in [0.1, 0.15) is 62.1 Å². The molecular weight excluding hydrogens is 365 g/mol. The average molecular weight is 385 g/mol. The van der Waals surface area contributed by atoms with Gasteiger partial charge in [0.25, 0.3) is 0 Å². The van der Waals surface area contributed by atoms with Crippen molar-refractivity contribution < 1.29 is 18.0 Å². The predicted molar refractivity (Wildman–Crippen MR) is 89.6 cm³/mol. The lowest BCUT2D eigenvalue weighted by Gasteiger charge is -2.42. The van der Waals surface area contributed by atoms with E-state index in [2.05, 4.69) is 11.9 Å². The topological polar surface area (TPSA) is 33.2 Å². The van der Waals surface area contributed by atoms with Crippen molar-refractivity contribution in [2.75, 3.05) is 6.54 Å². The van der Waals surface area contributed by atoms with Crippen molar-refractivity contribution in [3.05, 3.63) is 28.5 Å². The van der Waals surface area contributed by atoms with E-state index in [0.717, 1.165) is 11.1 Å². The maximum Gasteiger partial charge on any atom is 0.394 e. The SMILES string of the molecule is C[C@H]1CN(C(=O)C23CCC(C(F)(F)F)(CC2)C3)[C@@H]2c3cncc(Cl)c3C21. The molecule has 4 aliphatic rings. The fraction of sp³-hybridized carbons (Fsp3) is 0.684. The molecule has 2 bridgehead atoms. The van der Waals surface area contributed by atoms with Gasteiger partial charge in [0.15, 0.2) is 0 Å². The minimum Gasteiger partial charge on any atom is -0.334 e. The van der Waals surface area contributed by atoms with Crippen molar-refractivity contribution in [1.82, 2.24) is 9.88 Å². The molecule has 1 aromatic heterocycles. The van der Waals surface area contributed by atoms with Crippen molar-refractivity contribution in [3.8, 4) is 0 Å². The maximum atomic E-state index is 13.6. The van der Waals surface area contributed by atoms with Crippen LogP contribution < -0.4 is 0 Å². The number of likely N-dealkylation sites (tertiary alicyclic amines) is 1. The third-order valence-corrected chi connectivity index (χ3v) is 7.85. The number of pyridine rings is 1. The zero-order valence-electron chi connectivity index (χ0n) is 14.4. The molecule has 1 saturated heterocycles. The van der Waals surface area contributed by atoms with Crippen LogP contribution in [0.3, 0.4) is 0 Å². The van der Waals surface area contributed by atoms with Gasteiger partial charge in [-0.2, -0.15) is 13.2 Å². The number of carbonyl (C=O) groups excluding carboxylic acids is 1. The summed E-state index contributed by atoms with van der Waals surface area (Å²) < 4.78 is 40.7. The summed E-state index contributed by atoms with van der Waals surface area (Å²) in [6.07, 6.45) is 0.00780. The van der Waals surface area contributed by atoms with Crippen molar-refractivity contribution >= 4 is 17.5 Å². The van der Waals surface area contributed by atoms with Crippen LogP contribution in [0.5, 0.6) is 0 Å². The second-order valence-corrected chi connectivity index (χ2v) is 9.17. The highest BCUT2D eigenvalue weighted by molar-refractivity contribution is 6.31. The molecule has 3 nitrogen and oxygen atoms in total. The summed E-state index contributed by atoms with van der Waals surface area (Å²) in [5, 5.41) is 0.626. The number of halogens is 4. The van der Waals surface area contributed by atoms with Gasteiger partial charge >= 0.3 is 6.18 Å². The predicted octanol–water partition coefficient (Wildman–Crippen LogP) is 4.86. The van der Waals surface area contributed by atoms with Gasteiger partial charge < -0.3 is 4.90 Å².